The summed E-state index contributed by atoms with van der Waals surface area (Å²) in [6.07, 6.45) is 0. The van der Waals surface area contributed by atoms with E-state index in [0.717, 1.165) is 77.2 Å². The van der Waals surface area contributed by atoms with Crippen molar-refractivity contribution >= 4 is 43.6 Å². The van der Waals surface area contributed by atoms with Crippen LogP contribution in [0.4, 0.5) is 0 Å². The normalized spacial score (nSPS) is 11.6. The molecule has 3 heterocycles. The van der Waals surface area contributed by atoms with Crippen molar-refractivity contribution in [2.24, 2.45) is 0 Å². The molecule has 0 unspecified atom stereocenters. The van der Waals surface area contributed by atoms with Gasteiger partial charge in [0.15, 0.2) is 5.82 Å². The minimum Gasteiger partial charge on any atom is -0.307 e. The van der Waals surface area contributed by atoms with Crippen LogP contribution in [0.5, 0.6) is 0 Å². The van der Waals surface area contributed by atoms with Gasteiger partial charge in [0.1, 0.15) is 11.6 Å². The Morgan fingerprint density at radius 1 is 0.429 bits per heavy atom. The first kappa shape index (κ1) is 33.2. The lowest BCUT2D eigenvalue weighted by Gasteiger charge is -2.19. The zero-order valence-corrected chi connectivity index (χ0v) is 31.5. The van der Waals surface area contributed by atoms with E-state index in [-0.39, 0.29) is 0 Å². The highest BCUT2D eigenvalue weighted by Gasteiger charge is 2.24. The van der Waals surface area contributed by atoms with Crippen LogP contribution in [0.3, 0.4) is 0 Å². The Hall–Kier alpha value is -7.36. The molecule has 0 saturated carbocycles. The predicted molar refractivity (Wildman–Crippen MR) is 228 cm³/mol. The molecule has 0 bridgehead atoms. The van der Waals surface area contributed by atoms with Gasteiger partial charge in [-0.2, -0.15) is 5.26 Å². The molecule has 0 aliphatic rings. The Morgan fingerprint density at radius 2 is 0.857 bits per heavy atom. The van der Waals surface area contributed by atoms with Crippen LogP contribution in [-0.4, -0.2) is 24.1 Å². The summed E-state index contributed by atoms with van der Waals surface area (Å²) in [6, 6.07) is 54.6. The first-order valence-electron chi connectivity index (χ1n) is 18.8. The quantitative estimate of drug-likeness (QED) is 0.177. The third-order valence-electron chi connectivity index (χ3n) is 10.9. The lowest BCUT2D eigenvalue weighted by molar-refractivity contribution is 0.927. The summed E-state index contributed by atoms with van der Waals surface area (Å²) >= 11 is 0. The monoisotopic (exact) mass is 720 g/mol. The SMILES string of the molecule is Cc1ccc(-c2ccc3c4ccccc4n(-c4cc(C#N)c(-c5nc(C)nc(C)n5)cc4-n4c5ccccc5c5ccc(-c6ccc(C)cc6)cc54)c3c2)cc1. The average Bonchev–Trinajstić information content (AvgIpc) is 3.72. The fourth-order valence-electron chi connectivity index (χ4n) is 8.26. The average molecular weight is 721 g/mol. The van der Waals surface area contributed by atoms with Gasteiger partial charge < -0.3 is 9.13 Å². The standard InChI is InChI=1S/C50H36N6/c1-30-13-17-34(18-14-30)36-21-23-41-39-9-5-7-11-44(39)55(46(41)25-36)48-27-38(29-51)43(50-53-32(3)52-33(4)54-50)28-49(48)56-45-12-8-6-10-40(45)42-24-22-37(26-47(42)56)35-19-15-31(2)16-20-35/h5-28H,1-4H3. The summed E-state index contributed by atoms with van der Waals surface area (Å²) in [7, 11) is 0. The first-order chi connectivity index (χ1) is 27.3. The second-order valence-corrected chi connectivity index (χ2v) is 14.7. The molecule has 6 nitrogen and oxygen atoms in total. The van der Waals surface area contributed by atoms with Crippen molar-refractivity contribution in [3.63, 3.8) is 0 Å². The van der Waals surface area contributed by atoms with Gasteiger partial charge >= 0.3 is 0 Å². The van der Waals surface area contributed by atoms with E-state index in [1.165, 1.54) is 11.1 Å². The highest BCUT2D eigenvalue weighted by molar-refractivity contribution is 6.12. The number of nitrogens with zero attached hydrogens (tertiary/aromatic N) is 6. The number of aromatic nitrogens is 5. The molecule has 0 spiro atoms. The van der Waals surface area contributed by atoms with E-state index in [1.807, 2.05) is 19.9 Å². The molecule has 0 amide bonds. The minimum absolute atomic E-state index is 0.476. The minimum atomic E-state index is 0.476. The van der Waals surface area contributed by atoms with Crippen LogP contribution in [-0.2, 0) is 0 Å². The molecule has 10 aromatic rings. The molecule has 0 aliphatic carbocycles. The number of fused-ring (bicyclic) bond motifs is 6. The van der Waals surface area contributed by atoms with Crippen LogP contribution >= 0.6 is 0 Å². The molecule has 56 heavy (non-hydrogen) atoms. The number of nitriles is 1. The lowest BCUT2D eigenvalue weighted by atomic mass is 10.0. The van der Waals surface area contributed by atoms with Gasteiger partial charge in [-0.3, -0.25) is 0 Å². The Kier molecular flexibility index (Phi) is 7.65. The molecule has 0 aliphatic heterocycles. The van der Waals surface area contributed by atoms with Crippen molar-refractivity contribution in [1.82, 2.24) is 24.1 Å². The maximum Gasteiger partial charge on any atom is 0.164 e. The molecule has 7 aromatic carbocycles. The maximum absolute atomic E-state index is 10.9. The zero-order chi connectivity index (χ0) is 38.1. The topological polar surface area (TPSA) is 72.3 Å². The lowest BCUT2D eigenvalue weighted by Crippen LogP contribution is -2.07. The second kappa shape index (κ2) is 12.9. The molecule has 266 valence electrons. The Bertz CT molecular complexity index is 3210. The third kappa shape index (κ3) is 5.36. The Morgan fingerprint density at radius 3 is 1.34 bits per heavy atom. The summed E-state index contributed by atoms with van der Waals surface area (Å²) in [5.41, 5.74) is 14.1. The Balaban J connectivity index is 1.36. The van der Waals surface area contributed by atoms with Crippen LogP contribution in [0.25, 0.3) is 88.6 Å². The molecule has 0 atom stereocenters. The van der Waals surface area contributed by atoms with Crippen LogP contribution in [0, 0.1) is 39.0 Å². The summed E-state index contributed by atoms with van der Waals surface area (Å²) < 4.78 is 4.68. The molecule has 3 aromatic heterocycles. The zero-order valence-electron chi connectivity index (χ0n) is 31.5. The van der Waals surface area contributed by atoms with Crippen molar-refractivity contribution in [3.8, 4) is 51.1 Å². The van der Waals surface area contributed by atoms with Gasteiger partial charge in [0, 0.05) is 27.1 Å². The van der Waals surface area contributed by atoms with Crippen LogP contribution in [0.15, 0.2) is 146 Å². The predicted octanol–water partition coefficient (Wildman–Crippen LogP) is 12.2. The van der Waals surface area contributed by atoms with Crippen LogP contribution < -0.4 is 0 Å². The number of para-hydroxylation sites is 2. The molecule has 0 radical (unpaired) electrons. The van der Waals surface area contributed by atoms with Gasteiger partial charge in [0.2, 0.25) is 0 Å². The van der Waals surface area contributed by atoms with E-state index in [9.17, 15) is 5.26 Å². The van der Waals surface area contributed by atoms with Crippen molar-refractivity contribution in [1.29, 1.82) is 5.26 Å². The second-order valence-electron chi connectivity index (χ2n) is 14.7. The van der Waals surface area contributed by atoms with E-state index in [0.29, 0.717) is 28.6 Å². The highest BCUT2D eigenvalue weighted by Crippen LogP contribution is 2.42. The molecule has 10 rings (SSSR count). The fraction of sp³-hybridized carbons (Fsp3) is 0.0800. The van der Waals surface area contributed by atoms with Gasteiger partial charge in [-0.15, -0.1) is 0 Å². The Labute approximate surface area is 324 Å². The summed E-state index contributed by atoms with van der Waals surface area (Å²) in [5, 5.41) is 15.5. The molecule has 0 fully saturated rings. The van der Waals surface area contributed by atoms with Crippen molar-refractivity contribution < 1.29 is 0 Å². The molecule has 0 N–H and O–H groups in total. The van der Waals surface area contributed by atoms with Crippen LogP contribution in [0.1, 0.15) is 28.3 Å². The van der Waals surface area contributed by atoms with Gasteiger partial charge in [-0.25, -0.2) is 15.0 Å². The van der Waals surface area contributed by atoms with E-state index >= 15 is 0 Å². The number of hydrogen-bond donors (Lipinski definition) is 0. The smallest absolute Gasteiger partial charge is 0.164 e. The van der Waals surface area contributed by atoms with Gasteiger partial charge in [0.25, 0.3) is 0 Å². The number of hydrogen-bond acceptors (Lipinski definition) is 4. The van der Waals surface area contributed by atoms with Crippen LogP contribution in [0.2, 0.25) is 0 Å². The summed E-state index contributed by atoms with van der Waals surface area (Å²) in [4.78, 5) is 14.0. The van der Waals surface area contributed by atoms with E-state index in [1.54, 1.807) is 0 Å². The third-order valence-corrected chi connectivity index (χ3v) is 10.9. The van der Waals surface area contributed by atoms with Crippen molar-refractivity contribution in [2.75, 3.05) is 0 Å². The van der Waals surface area contributed by atoms with Gasteiger partial charge in [-0.05, 0) is 86.3 Å². The number of rotatable bonds is 5. The van der Waals surface area contributed by atoms with Gasteiger partial charge in [-0.1, -0.05) is 120 Å². The summed E-state index contributed by atoms with van der Waals surface area (Å²) in [5.74, 6) is 1.68. The van der Waals surface area contributed by atoms with E-state index < -0.39 is 0 Å². The van der Waals surface area contributed by atoms with Crippen molar-refractivity contribution in [3.05, 3.63) is 174 Å². The van der Waals surface area contributed by atoms with E-state index in [2.05, 4.69) is 174 Å². The largest absolute Gasteiger partial charge is 0.307 e. The van der Waals surface area contributed by atoms with Gasteiger partial charge in [0.05, 0.1) is 45.1 Å². The maximum atomic E-state index is 10.9. The molecular weight excluding hydrogens is 685 g/mol. The summed E-state index contributed by atoms with van der Waals surface area (Å²) in [6.45, 7) is 7.95. The van der Waals surface area contributed by atoms with E-state index in [4.69, 9.17) is 9.97 Å². The number of benzene rings is 7. The molecule has 0 saturated heterocycles. The van der Waals surface area contributed by atoms with Crippen molar-refractivity contribution in [2.45, 2.75) is 27.7 Å². The molecule has 6 heteroatoms. The molecular formula is C50H36N6. The number of aryl methyl sites for hydroxylation is 4. The highest BCUT2D eigenvalue weighted by atomic mass is 15.1. The first-order valence-corrected chi connectivity index (χ1v) is 18.8. The fourth-order valence-corrected chi connectivity index (χ4v) is 8.26.